The van der Waals surface area contributed by atoms with E-state index in [-0.39, 0.29) is 23.7 Å². The van der Waals surface area contributed by atoms with Gasteiger partial charge in [0.25, 0.3) is 0 Å². The highest BCUT2D eigenvalue weighted by Gasteiger charge is 2.25. The molecular formula is C23H24O5. The van der Waals surface area contributed by atoms with Crippen LogP contribution in [0.2, 0.25) is 0 Å². The first-order valence-corrected chi connectivity index (χ1v) is 9.54. The van der Waals surface area contributed by atoms with Crippen LogP contribution in [0.25, 0.3) is 11.0 Å². The molecule has 0 amide bonds. The summed E-state index contributed by atoms with van der Waals surface area (Å²) in [6.45, 7) is 2.37. The molecule has 0 fully saturated rings. The van der Waals surface area contributed by atoms with Gasteiger partial charge in [-0.15, -0.1) is 0 Å². The van der Waals surface area contributed by atoms with Gasteiger partial charge in [-0.25, -0.2) is 4.79 Å². The predicted octanol–water partition coefficient (Wildman–Crippen LogP) is 4.24. The maximum atomic E-state index is 12.7. The second-order valence-electron chi connectivity index (χ2n) is 6.82. The number of para-hydroxylation sites is 1. The fourth-order valence-corrected chi connectivity index (χ4v) is 3.17. The molecular weight excluding hydrogens is 356 g/mol. The number of esters is 1. The molecule has 3 rings (SSSR count). The van der Waals surface area contributed by atoms with Crippen LogP contribution < -0.4 is 5.63 Å². The summed E-state index contributed by atoms with van der Waals surface area (Å²) in [6.07, 6.45) is 2.18. The first kappa shape index (κ1) is 19.7. The Morgan fingerprint density at radius 3 is 2.54 bits per heavy atom. The molecule has 1 atom stereocenters. The highest BCUT2D eigenvalue weighted by molar-refractivity contribution is 5.84. The van der Waals surface area contributed by atoms with Crippen molar-refractivity contribution in [3.63, 3.8) is 0 Å². The molecule has 1 aromatic heterocycles. The lowest BCUT2D eigenvalue weighted by Gasteiger charge is -2.17. The van der Waals surface area contributed by atoms with E-state index in [4.69, 9.17) is 9.15 Å². The van der Waals surface area contributed by atoms with Crippen LogP contribution in [0.5, 0.6) is 5.75 Å². The minimum absolute atomic E-state index is 0.0544. The molecule has 0 spiro atoms. The third-order valence-electron chi connectivity index (χ3n) is 4.73. The van der Waals surface area contributed by atoms with E-state index in [9.17, 15) is 14.7 Å². The largest absolute Gasteiger partial charge is 0.507 e. The van der Waals surface area contributed by atoms with Gasteiger partial charge < -0.3 is 14.3 Å². The van der Waals surface area contributed by atoms with Crippen LogP contribution in [0, 0.1) is 5.92 Å². The molecule has 28 heavy (non-hydrogen) atoms. The molecule has 146 valence electrons. The van der Waals surface area contributed by atoms with Crippen molar-refractivity contribution < 1.29 is 19.1 Å². The first-order chi connectivity index (χ1) is 13.6. The molecule has 1 N–H and O–H groups in total. The zero-order valence-electron chi connectivity index (χ0n) is 15.9. The van der Waals surface area contributed by atoms with Gasteiger partial charge in [0.05, 0.1) is 23.5 Å². The Balaban J connectivity index is 1.91. The maximum Gasteiger partial charge on any atom is 0.343 e. The number of benzene rings is 2. The SMILES string of the molecule is CCCCOC(=O)C(Cc1ccccc1)Cc1c(O)c2ccccc2oc1=O. The molecule has 0 radical (unpaired) electrons. The monoisotopic (exact) mass is 380 g/mol. The molecule has 0 aliphatic carbocycles. The molecule has 0 bridgehead atoms. The van der Waals surface area contributed by atoms with Crippen molar-refractivity contribution >= 4 is 16.9 Å². The number of carbonyl (C=O) groups is 1. The molecule has 0 aliphatic rings. The van der Waals surface area contributed by atoms with Crippen LogP contribution in [0.15, 0.2) is 63.8 Å². The smallest absolute Gasteiger partial charge is 0.343 e. The number of fused-ring (bicyclic) bond motifs is 1. The Hall–Kier alpha value is -3.08. The molecule has 2 aromatic carbocycles. The van der Waals surface area contributed by atoms with Crippen LogP contribution in [-0.2, 0) is 22.4 Å². The number of hydrogen-bond acceptors (Lipinski definition) is 5. The second kappa shape index (κ2) is 9.22. The number of hydrogen-bond donors (Lipinski definition) is 1. The van der Waals surface area contributed by atoms with Crippen LogP contribution in [0.1, 0.15) is 30.9 Å². The highest BCUT2D eigenvalue weighted by atomic mass is 16.5. The Morgan fingerprint density at radius 1 is 1.07 bits per heavy atom. The van der Waals surface area contributed by atoms with E-state index in [1.807, 2.05) is 37.3 Å². The van der Waals surface area contributed by atoms with E-state index in [0.29, 0.717) is 24.0 Å². The Labute approximate surface area is 163 Å². The topological polar surface area (TPSA) is 76.7 Å². The van der Waals surface area contributed by atoms with Gasteiger partial charge in [0.1, 0.15) is 11.3 Å². The van der Waals surface area contributed by atoms with Crippen LogP contribution >= 0.6 is 0 Å². The fourth-order valence-electron chi connectivity index (χ4n) is 3.17. The number of unbranched alkanes of at least 4 members (excludes halogenated alkanes) is 1. The number of aromatic hydroxyl groups is 1. The van der Waals surface area contributed by atoms with Gasteiger partial charge in [-0.2, -0.15) is 0 Å². The minimum atomic E-state index is -0.629. The average Bonchev–Trinajstić information content (AvgIpc) is 2.71. The lowest BCUT2D eigenvalue weighted by molar-refractivity contribution is -0.148. The van der Waals surface area contributed by atoms with Crippen molar-refractivity contribution in [2.45, 2.75) is 32.6 Å². The summed E-state index contributed by atoms with van der Waals surface area (Å²) in [7, 11) is 0. The van der Waals surface area contributed by atoms with Gasteiger partial charge in [0, 0.05) is 0 Å². The second-order valence-corrected chi connectivity index (χ2v) is 6.82. The van der Waals surface area contributed by atoms with E-state index in [1.165, 1.54) is 0 Å². The van der Waals surface area contributed by atoms with Gasteiger partial charge in [-0.05, 0) is 37.0 Å². The summed E-state index contributed by atoms with van der Waals surface area (Å²) in [5.41, 5.74) is 0.756. The van der Waals surface area contributed by atoms with E-state index >= 15 is 0 Å². The summed E-state index contributed by atoms with van der Waals surface area (Å²) >= 11 is 0. The molecule has 1 unspecified atom stereocenters. The zero-order chi connectivity index (χ0) is 19.9. The van der Waals surface area contributed by atoms with Crippen molar-refractivity contribution in [1.82, 2.24) is 0 Å². The van der Waals surface area contributed by atoms with E-state index < -0.39 is 11.5 Å². The number of rotatable bonds is 8. The zero-order valence-corrected chi connectivity index (χ0v) is 15.9. The van der Waals surface area contributed by atoms with Crippen molar-refractivity contribution in [2.24, 2.45) is 5.92 Å². The van der Waals surface area contributed by atoms with Gasteiger partial charge in [-0.3, -0.25) is 4.79 Å². The van der Waals surface area contributed by atoms with Crippen molar-refractivity contribution in [2.75, 3.05) is 6.61 Å². The molecule has 5 nitrogen and oxygen atoms in total. The van der Waals surface area contributed by atoms with Gasteiger partial charge in [0.15, 0.2) is 0 Å². The first-order valence-electron chi connectivity index (χ1n) is 9.54. The summed E-state index contributed by atoms with van der Waals surface area (Å²) < 4.78 is 10.7. The van der Waals surface area contributed by atoms with Gasteiger partial charge in [0.2, 0.25) is 0 Å². The molecule has 5 heteroatoms. The lowest BCUT2D eigenvalue weighted by atomic mass is 9.92. The Bertz CT molecular complexity index is 991. The highest BCUT2D eigenvalue weighted by Crippen LogP contribution is 2.28. The van der Waals surface area contributed by atoms with Gasteiger partial charge >= 0.3 is 11.6 Å². The van der Waals surface area contributed by atoms with Crippen molar-refractivity contribution in [3.05, 3.63) is 76.1 Å². The van der Waals surface area contributed by atoms with E-state index in [1.54, 1.807) is 24.3 Å². The van der Waals surface area contributed by atoms with Crippen LogP contribution in [0.3, 0.4) is 0 Å². The summed E-state index contributed by atoms with van der Waals surface area (Å²) in [5.74, 6) is -1.09. The Kier molecular flexibility index (Phi) is 6.48. The minimum Gasteiger partial charge on any atom is -0.507 e. The fraction of sp³-hybridized carbons (Fsp3) is 0.304. The molecule has 0 aliphatic heterocycles. The molecule has 0 saturated carbocycles. The van der Waals surface area contributed by atoms with Crippen LogP contribution in [0.4, 0.5) is 0 Å². The molecule has 0 saturated heterocycles. The quantitative estimate of drug-likeness (QED) is 0.359. The predicted molar refractivity (Wildman–Crippen MR) is 107 cm³/mol. The van der Waals surface area contributed by atoms with Crippen LogP contribution in [-0.4, -0.2) is 17.7 Å². The summed E-state index contributed by atoms with van der Waals surface area (Å²) in [4.78, 5) is 25.1. The van der Waals surface area contributed by atoms with Crippen molar-refractivity contribution in [1.29, 1.82) is 0 Å². The summed E-state index contributed by atoms with van der Waals surface area (Å²) in [5, 5.41) is 11.1. The number of carbonyl (C=O) groups excluding carboxylic acids is 1. The molecule has 3 aromatic rings. The number of ether oxygens (including phenoxy) is 1. The Morgan fingerprint density at radius 2 is 1.79 bits per heavy atom. The van der Waals surface area contributed by atoms with E-state index in [0.717, 1.165) is 18.4 Å². The van der Waals surface area contributed by atoms with E-state index in [2.05, 4.69) is 0 Å². The molecule has 1 heterocycles. The van der Waals surface area contributed by atoms with Crippen molar-refractivity contribution in [3.8, 4) is 5.75 Å². The third-order valence-corrected chi connectivity index (χ3v) is 4.73. The maximum absolute atomic E-state index is 12.7. The standard InChI is InChI=1S/C23H24O5/c1-2-3-13-27-22(25)17(14-16-9-5-4-6-10-16)15-19-21(24)18-11-7-8-12-20(18)28-23(19)26/h4-12,17,24H,2-3,13-15H2,1H3. The lowest BCUT2D eigenvalue weighted by Crippen LogP contribution is -2.25. The van der Waals surface area contributed by atoms with Gasteiger partial charge in [-0.1, -0.05) is 55.8 Å². The third kappa shape index (κ3) is 4.60. The average molecular weight is 380 g/mol. The summed E-state index contributed by atoms with van der Waals surface area (Å²) in [6, 6.07) is 16.4. The normalized spacial score (nSPS) is 12.0.